The molecule has 1 amide bonds. The first-order valence-corrected chi connectivity index (χ1v) is 8.96. The highest BCUT2D eigenvalue weighted by Crippen LogP contribution is 2.24. The smallest absolute Gasteiger partial charge is 0.231 e. The van der Waals surface area contributed by atoms with Gasteiger partial charge in [0.2, 0.25) is 11.9 Å². The molecule has 1 saturated heterocycles. The predicted octanol–water partition coefficient (Wildman–Crippen LogP) is 2.76. The third-order valence-corrected chi connectivity index (χ3v) is 4.76. The van der Waals surface area contributed by atoms with Crippen LogP contribution in [-0.2, 0) is 4.79 Å². The fourth-order valence-corrected chi connectivity index (χ4v) is 3.29. The Morgan fingerprint density at radius 3 is 3.08 bits per heavy atom. The highest BCUT2D eigenvalue weighted by atomic mass is 35.5. The number of carbonyl (C=O) groups is 1. The van der Waals surface area contributed by atoms with Crippen molar-refractivity contribution in [3.05, 3.63) is 23.4 Å². The van der Waals surface area contributed by atoms with Crippen LogP contribution in [0.4, 0.5) is 5.95 Å². The minimum atomic E-state index is -0.00236. The molecule has 0 saturated carbocycles. The summed E-state index contributed by atoms with van der Waals surface area (Å²) in [6.45, 7) is 6.62. The number of carbonyl (C=O) groups excluding carboxylic acids is 1. The van der Waals surface area contributed by atoms with Gasteiger partial charge in [-0.1, -0.05) is 25.4 Å². The number of pyridine rings is 1. The summed E-state index contributed by atoms with van der Waals surface area (Å²) in [6.07, 6.45) is 4.80. The number of amides is 1. The highest BCUT2D eigenvalue weighted by Gasteiger charge is 2.28. The second-order valence-corrected chi connectivity index (χ2v) is 7.22. The van der Waals surface area contributed by atoms with E-state index in [0.29, 0.717) is 23.1 Å². The lowest BCUT2D eigenvalue weighted by molar-refractivity contribution is -0.125. The number of anilines is 1. The summed E-state index contributed by atoms with van der Waals surface area (Å²) >= 11 is 6.17. The van der Waals surface area contributed by atoms with E-state index in [1.165, 1.54) is 0 Å². The average Bonchev–Trinajstić information content (AvgIpc) is 3.00. The standard InChI is InChI=1S/C17H24ClN5O/c1-12(2)7-8-19-16(24)13-5-3-9-22(11-13)17-21-20-15-14(18)6-4-10-23(15)17/h4,6,10,12-13H,3,5,7-9,11H2,1-2H3,(H,19,24). The van der Waals surface area contributed by atoms with E-state index in [0.717, 1.165) is 38.3 Å². The fraction of sp³-hybridized carbons (Fsp3) is 0.588. The van der Waals surface area contributed by atoms with E-state index < -0.39 is 0 Å². The summed E-state index contributed by atoms with van der Waals surface area (Å²) in [6, 6.07) is 3.68. The molecule has 0 spiro atoms. The normalized spacial score (nSPS) is 18.3. The van der Waals surface area contributed by atoms with Gasteiger partial charge in [-0.3, -0.25) is 9.20 Å². The molecular formula is C17H24ClN5O. The average molecular weight is 350 g/mol. The monoisotopic (exact) mass is 349 g/mol. The highest BCUT2D eigenvalue weighted by molar-refractivity contribution is 6.33. The molecule has 1 N–H and O–H groups in total. The van der Waals surface area contributed by atoms with Gasteiger partial charge >= 0.3 is 0 Å². The van der Waals surface area contributed by atoms with E-state index in [-0.39, 0.29) is 11.8 Å². The molecule has 3 rings (SSSR count). The predicted molar refractivity (Wildman–Crippen MR) is 95.4 cm³/mol. The van der Waals surface area contributed by atoms with Gasteiger partial charge in [0, 0.05) is 25.8 Å². The first-order chi connectivity index (χ1) is 11.6. The van der Waals surface area contributed by atoms with Gasteiger partial charge in [0.15, 0.2) is 5.65 Å². The first-order valence-electron chi connectivity index (χ1n) is 8.58. The van der Waals surface area contributed by atoms with E-state index in [4.69, 9.17) is 11.6 Å². The van der Waals surface area contributed by atoms with Crippen LogP contribution in [0.15, 0.2) is 18.3 Å². The zero-order valence-electron chi connectivity index (χ0n) is 14.2. The zero-order chi connectivity index (χ0) is 17.1. The molecule has 2 aromatic rings. The number of rotatable bonds is 5. The van der Waals surface area contributed by atoms with E-state index in [9.17, 15) is 4.79 Å². The number of hydrogen-bond donors (Lipinski definition) is 1. The van der Waals surface area contributed by atoms with Crippen LogP contribution in [0.3, 0.4) is 0 Å². The van der Waals surface area contributed by atoms with Crippen molar-refractivity contribution in [1.82, 2.24) is 19.9 Å². The molecule has 130 valence electrons. The number of piperidine rings is 1. The molecule has 3 heterocycles. The number of nitrogens with zero attached hydrogens (tertiary/aromatic N) is 4. The molecule has 7 heteroatoms. The lowest BCUT2D eigenvalue weighted by Crippen LogP contribution is -2.44. The Kier molecular flexibility index (Phi) is 5.23. The molecule has 24 heavy (non-hydrogen) atoms. The number of fused-ring (bicyclic) bond motifs is 1. The Balaban J connectivity index is 1.69. The van der Waals surface area contributed by atoms with Crippen LogP contribution in [0.2, 0.25) is 5.02 Å². The second kappa shape index (κ2) is 7.38. The molecule has 1 atom stereocenters. The van der Waals surface area contributed by atoms with Crippen LogP contribution in [0, 0.1) is 11.8 Å². The van der Waals surface area contributed by atoms with Crippen LogP contribution in [0.25, 0.3) is 5.65 Å². The van der Waals surface area contributed by atoms with Gasteiger partial charge in [-0.25, -0.2) is 0 Å². The van der Waals surface area contributed by atoms with Gasteiger partial charge in [0.25, 0.3) is 0 Å². The second-order valence-electron chi connectivity index (χ2n) is 6.81. The minimum absolute atomic E-state index is 0.00236. The summed E-state index contributed by atoms with van der Waals surface area (Å²) in [5, 5.41) is 12.1. The van der Waals surface area contributed by atoms with Crippen molar-refractivity contribution in [2.45, 2.75) is 33.1 Å². The Hall–Kier alpha value is -1.82. The molecule has 0 aliphatic carbocycles. The van der Waals surface area contributed by atoms with Gasteiger partial charge in [0.1, 0.15) is 0 Å². The van der Waals surface area contributed by atoms with Gasteiger partial charge < -0.3 is 10.2 Å². The summed E-state index contributed by atoms with van der Waals surface area (Å²) < 4.78 is 1.89. The van der Waals surface area contributed by atoms with Crippen molar-refractivity contribution in [3.63, 3.8) is 0 Å². The van der Waals surface area contributed by atoms with E-state index in [1.54, 1.807) is 6.07 Å². The van der Waals surface area contributed by atoms with Gasteiger partial charge in [0.05, 0.1) is 10.9 Å². The molecule has 0 bridgehead atoms. The Morgan fingerprint density at radius 2 is 2.29 bits per heavy atom. The van der Waals surface area contributed by atoms with Crippen LogP contribution in [-0.4, -0.2) is 40.1 Å². The van der Waals surface area contributed by atoms with Crippen molar-refractivity contribution >= 4 is 29.1 Å². The first kappa shape index (κ1) is 17.0. The number of nitrogens with one attached hydrogen (secondary N) is 1. The molecule has 1 unspecified atom stereocenters. The SMILES string of the molecule is CC(C)CCNC(=O)C1CCCN(c2nnc3c(Cl)cccn23)C1. The van der Waals surface area contributed by atoms with Crippen molar-refractivity contribution in [1.29, 1.82) is 0 Å². The van der Waals surface area contributed by atoms with E-state index in [2.05, 4.69) is 34.3 Å². The third-order valence-electron chi connectivity index (χ3n) is 4.47. The van der Waals surface area contributed by atoms with Gasteiger partial charge in [-0.2, -0.15) is 0 Å². The largest absolute Gasteiger partial charge is 0.356 e. The maximum atomic E-state index is 12.4. The number of halogens is 1. The third kappa shape index (κ3) is 3.64. The van der Waals surface area contributed by atoms with Crippen molar-refractivity contribution in [2.24, 2.45) is 11.8 Å². The molecule has 1 fully saturated rings. The Labute approximate surface area is 147 Å². The molecule has 2 aromatic heterocycles. The molecule has 0 radical (unpaired) electrons. The van der Waals surface area contributed by atoms with Crippen molar-refractivity contribution < 1.29 is 4.79 Å². The number of hydrogen-bond acceptors (Lipinski definition) is 4. The quantitative estimate of drug-likeness (QED) is 0.901. The van der Waals surface area contributed by atoms with E-state index >= 15 is 0 Å². The van der Waals surface area contributed by atoms with Gasteiger partial charge in [-0.05, 0) is 37.3 Å². The molecule has 1 aliphatic heterocycles. The molecule has 1 aliphatic rings. The van der Waals surface area contributed by atoms with Crippen molar-refractivity contribution in [3.8, 4) is 0 Å². The molecular weight excluding hydrogens is 326 g/mol. The Morgan fingerprint density at radius 1 is 1.46 bits per heavy atom. The lowest BCUT2D eigenvalue weighted by atomic mass is 9.97. The van der Waals surface area contributed by atoms with E-state index in [1.807, 2.05) is 16.7 Å². The number of aromatic nitrogens is 3. The lowest BCUT2D eigenvalue weighted by Gasteiger charge is -2.32. The maximum Gasteiger partial charge on any atom is 0.231 e. The minimum Gasteiger partial charge on any atom is -0.356 e. The molecule has 6 nitrogen and oxygen atoms in total. The Bertz CT molecular complexity index is 714. The topological polar surface area (TPSA) is 62.5 Å². The van der Waals surface area contributed by atoms with Crippen LogP contribution in [0.1, 0.15) is 33.1 Å². The van der Waals surface area contributed by atoms with Crippen LogP contribution >= 0.6 is 11.6 Å². The summed E-state index contributed by atoms with van der Waals surface area (Å²) in [5.41, 5.74) is 0.651. The maximum absolute atomic E-state index is 12.4. The summed E-state index contributed by atoms with van der Waals surface area (Å²) in [5.74, 6) is 1.50. The summed E-state index contributed by atoms with van der Waals surface area (Å²) in [4.78, 5) is 14.5. The van der Waals surface area contributed by atoms with Crippen LogP contribution < -0.4 is 10.2 Å². The zero-order valence-corrected chi connectivity index (χ0v) is 15.0. The fourth-order valence-electron chi connectivity index (χ4n) is 3.09. The van der Waals surface area contributed by atoms with Crippen LogP contribution in [0.5, 0.6) is 0 Å². The van der Waals surface area contributed by atoms with Gasteiger partial charge in [-0.15, -0.1) is 10.2 Å². The molecule has 0 aromatic carbocycles. The summed E-state index contributed by atoms with van der Waals surface area (Å²) in [7, 11) is 0. The van der Waals surface area contributed by atoms with Crippen molar-refractivity contribution in [2.75, 3.05) is 24.5 Å².